The predicted molar refractivity (Wildman–Crippen MR) is 40.3 cm³/mol. The zero-order valence-corrected chi connectivity index (χ0v) is 6.22. The van der Waals surface area contributed by atoms with Crippen LogP contribution in [0.5, 0.6) is 0 Å². The van der Waals surface area contributed by atoms with E-state index in [1.165, 1.54) is 0 Å². The lowest BCUT2D eigenvalue weighted by Gasteiger charge is -2.07. The molecular weight excluding hydrogens is 124 g/mol. The van der Waals surface area contributed by atoms with Gasteiger partial charge in [-0.05, 0) is 13.0 Å². The van der Waals surface area contributed by atoms with E-state index in [4.69, 9.17) is 6.42 Å². The largest absolute Gasteiger partial charge is 0.294 e. The van der Waals surface area contributed by atoms with Gasteiger partial charge in [-0.25, -0.2) is 0 Å². The monoisotopic (exact) mass is 134 g/mol. The summed E-state index contributed by atoms with van der Waals surface area (Å²) in [5.41, 5.74) is 1.03. The van der Waals surface area contributed by atoms with Crippen LogP contribution in [0.15, 0.2) is 11.6 Å². The molecule has 0 aromatic heterocycles. The lowest BCUT2D eigenvalue weighted by atomic mass is 9.94. The number of carbonyl (C=O) groups excluding carboxylic acids is 1. The summed E-state index contributed by atoms with van der Waals surface area (Å²) in [5, 5.41) is 0. The van der Waals surface area contributed by atoms with E-state index < -0.39 is 0 Å². The molecule has 1 heteroatoms. The first-order valence-corrected chi connectivity index (χ1v) is 3.35. The van der Waals surface area contributed by atoms with Gasteiger partial charge in [-0.15, -0.1) is 6.42 Å². The molecule has 0 bridgehead atoms. The van der Waals surface area contributed by atoms with E-state index in [1.807, 2.05) is 13.8 Å². The third kappa shape index (κ3) is 0.863. The molecule has 1 nitrogen and oxygen atoms in total. The van der Waals surface area contributed by atoms with Crippen molar-refractivity contribution in [3.63, 3.8) is 0 Å². The number of terminal acetylenes is 1. The summed E-state index contributed by atoms with van der Waals surface area (Å²) in [6.45, 7) is 3.78. The van der Waals surface area contributed by atoms with Crippen molar-refractivity contribution in [3.8, 4) is 12.3 Å². The Bertz CT molecular complexity index is 230. The summed E-state index contributed by atoms with van der Waals surface area (Å²) >= 11 is 0. The van der Waals surface area contributed by atoms with Crippen LogP contribution < -0.4 is 0 Å². The van der Waals surface area contributed by atoms with Crippen LogP contribution in [0, 0.1) is 24.2 Å². The van der Waals surface area contributed by atoms with Gasteiger partial charge in [0.1, 0.15) is 0 Å². The highest BCUT2D eigenvalue weighted by Gasteiger charge is 2.28. The third-order valence-electron chi connectivity index (χ3n) is 1.99. The highest BCUT2D eigenvalue weighted by atomic mass is 16.1. The van der Waals surface area contributed by atoms with Crippen molar-refractivity contribution in [1.29, 1.82) is 0 Å². The van der Waals surface area contributed by atoms with Crippen LogP contribution in [0.1, 0.15) is 13.8 Å². The van der Waals surface area contributed by atoms with E-state index in [2.05, 4.69) is 5.92 Å². The number of hydrogen-bond acceptors (Lipinski definition) is 1. The van der Waals surface area contributed by atoms with Gasteiger partial charge < -0.3 is 0 Å². The van der Waals surface area contributed by atoms with Crippen molar-refractivity contribution in [2.24, 2.45) is 11.8 Å². The summed E-state index contributed by atoms with van der Waals surface area (Å²) < 4.78 is 0. The molecule has 0 heterocycles. The van der Waals surface area contributed by atoms with Gasteiger partial charge in [0, 0.05) is 5.92 Å². The van der Waals surface area contributed by atoms with Gasteiger partial charge in [0.05, 0.1) is 5.92 Å². The SMILES string of the molecule is C#C[C@@H]1C(C)=CC(=O)[C@@H]1C. The van der Waals surface area contributed by atoms with Crippen LogP contribution in [0.3, 0.4) is 0 Å². The second kappa shape index (κ2) is 2.30. The predicted octanol–water partition coefficient (Wildman–Crippen LogP) is 1.40. The third-order valence-corrected chi connectivity index (χ3v) is 1.99. The topological polar surface area (TPSA) is 17.1 Å². The van der Waals surface area contributed by atoms with Gasteiger partial charge in [-0.1, -0.05) is 18.4 Å². The van der Waals surface area contributed by atoms with Gasteiger partial charge in [-0.3, -0.25) is 4.79 Å². The van der Waals surface area contributed by atoms with E-state index in [0.29, 0.717) is 0 Å². The maximum atomic E-state index is 11.0. The first kappa shape index (κ1) is 7.08. The van der Waals surface area contributed by atoms with Gasteiger partial charge in [0.25, 0.3) is 0 Å². The summed E-state index contributed by atoms with van der Waals surface area (Å²) in [5.74, 6) is 2.83. The van der Waals surface area contributed by atoms with Crippen molar-refractivity contribution >= 4 is 5.78 Å². The lowest BCUT2D eigenvalue weighted by Crippen LogP contribution is -2.10. The Morgan fingerprint density at radius 2 is 2.30 bits per heavy atom. The second-order valence-electron chi connectivity index (χ2n) is 2.72. The maximum absolute atomic E-state index is 11.0. The van der Waals surface area contributed by atoms with Crippen molar-refractivity contribution in [2.75, 3.05) is 0 Å². The minimum Gasteiger partial charge on any atom is -0.294 e. The van der Waals surface area contributed by atoms with Crippen LogP contribution in [0.2, 0.25) is 0 Å². The molecule has 10 heavy (non-hydrogen) atoms. The van der Waals surface area contributed by atoms with E-state index in [9.17, 15) is 4.79 Å². The minimum atomic E-state index is 0.00463. The summed E-state index contributed by atoms with van der Waals surface area (Å²) in [6.07, 6.45) is 6.88. The fourth-order valence-corrected chi connectivity index (χ4v) is 1.28. The van der Waals surface area contributed by atoms with E-state index in [1.54, 1.807) is 6.08 Å². The van der Waals surface area contributed by atoms with Crippen molar-refractivity contribution < 1.29 is 4.79 Å². The number of hydrogen-bond donors (Lipinski definition) is 0. The highest BCUT2D eigenvalue weighted by molar-refractivity contribution is 5.95. The zero-order valence-electron chi connectivity index (χ0n) is 6.22. The Morgan fingerprint density at radius 3 is 2.50 bits per heavy atom. The molecule has 0 saturated carbocycles. The molecular formula is C9H10O. The van der Waals surface area contributed by atoms with Gasteiger partial charge >= 0.3 is 0 Å². The Hall–Kier alpha value is -1.03. The molecule has 0 unspecified atom stereocenters. The summed E-state index contributed by atoms with van der Waals surface area (Å²) in [4.78, 5) is 11.0. The van der Waals surface area contributed by atoms with Crippen LogP contribution in [-0.4, -0.2) is 5.78 Å². The quantitative estimate of drug-likeness (QED) is 0.458. The van der Waals surface area contributed by atoms with Crippen LogP contribution >= 0.6 is 0 Å². The zero-order chi connectivity index (χ0) is 7.72. The second-order valence-corrected chi connectivity index (χ2v) is 2.72. The van der Waals surface area contributed by atoms with Crippen LogP contribution in [-0.2, 0) is 4.79 Å². The van der Waals surface area contributed by atoms with Gasteiger partial charge in [-0.2, -0.15) is 0 Å². The lowest BCUT2D eigenvalue weighted by molar-refractivity contribution is -0.117. The molecule has 0 amide bonds. The molecule has 0 radical (unpaired) electrons. The fraction of sp³-hybridized carbons (Fsp3) is 0.444. The fourth-order valence-electron chi connectivity index (χ4n) is 1.28. The van der Waals surface area contributed by atoms with Crippen LogP contribution in [0.4, 0.5) is 0 Å². The highest BCUT2D eigenvalue weighted by Crippen LogP contribution is 2.27. The molecule has 1 rings (SSSR count). The van der Waals surface area contributed by atoms with E-state index in [0.717, 1.165) is 5.57 Å². The molecule has 0 aliphatic heterocycles. The molecule has 0 fully saturated rings. The molecule has 0 aromatic carbocycles. The number of allylic oxidation sites excluding steroid dienone is 2. The standard InChI is InChI=1S/C9H10O/c1-4-8-6(2)5-9(10)7(8)3/h1,5,7-8H,2-3H3/t7-,8-/m1/s1. The van der Waals surface area contributed by atoms with E-state index in [-0.39, 0.29) is 17.6 Å². The smallest absolute Gasteiger partial charge is 0.160 e. The maximum Gasteiger partial charge on any atom is 0.160 e. The summed E-state index contributed by atoms with van der Waals surface area (Å²) in [6, 6.07) is 0. The molecule has 2 atom stereocenters. The number of rotatable bonds is 0. The Labute approximate surface area is 61.1 Å². The first-order chi connectivity index (χ1) is 4.66. The molecule has 0 aromatic rings. The van der Waals surface area contributed by atoms with Crippen molar-refractivity contribution in [3.05, 3.63) is 11.6 Å². The average Bonchev–Trinajstić information content (AvgIpc) is 2.09. The summed E-state index contributed by atoms with van der Waals surface area (Å²) in [7, 11) is 0. The Kier molecular flexibility index (Phi) is 1.63. The molecule has 0 N–H and O–H groups in total. The molecule has 52 valence electrons. The molecule has 0 spiro atoms. The number of carbonyl (C=O) groups is 1. The van der Waals surface area contributed by atoms with Gasteiger partial charge in [0.2, 0.25) is 0 Å². The molecule has 1 aliphatic carbocycles. The van der Waals surface area contributed by atoms with Gasteiger partial charge in [0.15, 0.2) is 5.78 Å². The molecule has 0 saturated heterocycles. The van der Waals surface area contributed by atoms with Crippen molar-refractivity contribution in [1.82, 2.24) is 0 Å². The normalized spacial score (nSPS) is 31.7. The minimum absolute atomic E-state index is 0.00463. The van der Waals surface area contributed by atoms with Crippen molar-refractivity contribution in [2.45, 2.75) is 13.8 Å². The first-order valence-electron chi connectivity index (χ1n) is 3.35. The van der Waals surface area contributed by atoms with Crippen LogP contribution in [0.25, 0.3) is 0 Å². The Balaban J connectivity index is 2.91. The average molecular weight is 134 g/mol. The van der Waals surface area contributed by atoms with E-state index >= 15 is 0 Å². The number of ketones is 1. The molecule has 1 aliphatic rings. The Morgan fingerprint density at radius 1 is 1.70 bits per heavy atom.